The maximum Gasteiger partial charge on any atom is 0.422 e. The van der Waals surface area contributed by atoms with E-state index in [1.165, 1.54) is 12.1 Å². The molecule has 0 aliphatic carbocycles. The van der Waals surface area contributed by atoms with Crippen molar-refractivity contribution < 1.29 is 18.3 Å². The lowest BCUT2D eigenvalue weighted by atomic mass is 9.92. The van der Waals surface area contributed by atoms with Gasteiger partial charge in [-0.15, -0.1) is 0 Å². The Balaban J connectivity index is 3.05. The van der Waals surface area contributed by atoms with Crippen LogP contribution < -0.4 is 5.73 Å². The van der Waals surface area contributed by atoms with Crippen LogP contribution in [0.15, 0.2) is 24.3 Å². The van der Waals surface area contributed by atoms with E-state index < -0.39 is 18.3 Å². The average molecular weight is 247 g/mol. The van der Waals surface area contributed by atoms with E-state index in [0.717, 1.165) is 18.4 Å². The third-order valence-corrected chi connectivity index (χ3v) is 2.73. The highest BCUT2D eigenvalue weighted by Gasteiger charge is 2.53. The maximum absolute atomic E-state index is 12.7. The zero-order valence-corrected chi connectivity index (χ0v) is 9.59. The first-order valence-corrected chi connectivity index (χ1v) is 5.43. The van der Waals surface area contributed by atoms with Crippen molar-refractivity contribution >= 4 is 0 Å². The summed E-state index contributed by atoms with van der Waals surface area (Å²) in [6, 6.07) is 5.74. The van der Waals surface area contributed by atoms with Crippen LogP contribution in [0.3, 0.4) is 0 Å². The third-order valence-electron chi connectivity index (χ3n) is 2.73. The van der Waals surface area contributed by atoms with Gasteiger partial charge in [-0.2, -0.15) is 13.2 Å². The summed E-state index contributed by atoms with van der Waals surface area (Å²) in [5, 5.41) is 9.60. The second-order valence-corrected chi connectivity index (χ2v) is 4.01. The lowest BCUT2D eigenvalue weighted by Gasteiger charge is -2.29. The Morgan fingerprint density at radius 1 is 1.18 bits per heavy atom. The zero-order valence-electron chi connectivity index (χ0n) is 9.59. The first kappa shape index (κ1) is 14.0. The number of alkyl halides is 3. The van der Waals surface area contributed by atoms with Crippen LogP contribution in [0.4, 0.5) is 13.2 Å². The Kier molecular flexibility index (Phi) is 4.16. The van der Waals surface area contributed by atoms with Crippen LogP contribution in [0.1, 0.15) is 24.5 Å². The molecule has 0 bridgehead atoms. The van der Waals surface area contributed by atoms with E-state index in [9.17, 15) is 18.3 Å². The van der Waals surface area contributed by atoms with Crippen LogP contribution >= 0.6 is 0 Å². The number of rotatable bonds is 4. The second-order valence-electron chi connectivity index (χ2n) is 4.01. The van der Waals surface area contributed by atoms with Gasteiger partial charge in [-0.3, -0.25) is 0 Å². The molecule has 3 N–H and O–H groups in total. The van der Waals surface area contributed by atoms with Crippen LogP contribution in [0.25, 0.3) is 0 Å². The van der Waals surface area contributed by atoms with Gasteiger partial charge in [0.1, 0.15) is 0 Å². The number of benzene rings is 1. The van der Waals surface area contributed by atoms with Crippen LogP contribution in [-0.2, 0) is 12.0 Å². The van der Waals surface area contributed by atoms with E-state index in [2.05, 4.69) is 0 Å². The van der Waals surface area contributed by atoms with E-state index in [-0.39, 0.29) is 5.56 Å². The van der Waals surface area contributed by atoms with E-state index in [1.54, 1.807) is 12.1 Å². The SMILES string of the molecule is CCCc1ccc(C(O)(CN)C(F)(F)F)cc1. The summed E-state index contributed by atoms with van der Waals surface area (Å²) >= 11 is 0. The molecule has 1 atom stereocenters. The summed E-state index contributed by atoms with van der Waals surface area (Å²) in [7, 11) is 0. The molecular formula is C12H16F3NO. The Labute approximate surface area is 98.3 Å². The highest BCUT2D eigenvalue weighted by Crippen LogP contribution is 2.38. The Bertz CT molecular complexity index is 361. The van der Waals surface area contributed by atoms with Crippen molar-refractivity contribution in [3.63, 3.8) is 0 Å². The molecule has 0 radical (unpaired) electrons. The van der Waals surface area contributed by atoms with Gasteiger partial charge >= 0.3 is 6.18 Å². The summed E-state index contributed by atoms with van der Waals surface area (Å²) in [6.07, 6.45) is -3.05. The molecule has 96 valence electrons. The average Bonchev–Trinajstić information content (AvgIpc) is 2.28. The molecule has 0 fully saturated rings. The van der Waals surface area contributed by atoms with Crippen molar-refractivity contribution in [2.24, 2.45) is 5.73 Å². The first-order valence-electron chi connectivity index (χ1n) is 5.43. The number of halogens is 3. The molecule has 17 heavy (non-hydrogen) atoms. The predicted molar refractivity (Wildman–Crippen MR) is 59.4 cm³/mol. The van der Waals surface area contributed by atoms with Gasteiger partial charge in [-0.1, -0.05) is 37.6 Å². The van der Waals surface area contributed by atoms with Crippen LogP contribution in [-0.4, -0.2) is 17.8 Å². The lowest BCUT2D eigenvalue weighted by molar-refractivity contribution is -0.262. The third kappa shape index (κ3) is 2.79. The minimum Gasteiger partial charge on any atom is -0.375 e. The quantitative estimate of drug-likeness (QED) is 0.857. The molecule has 0 heterocycles. The number of aliphatic hydroxyl groups is 1. The molecule has 0 saturated heterocycles. The molecule has 0 saturated carbocycles. The smallest absolute Gasteiger partial charge is 0.375 e. The monoisotopic (exact) mass is 247 g/mol. The summed E-state index contributed by atoms with van der Waals surface area (Å²) in [6.45, 7) is 1.10. The topological polar surface area (TPSA) is 46.2 Å². The molecule has 5 heteroatoms. The van der Waals surface area contributed by atoms with Gasteiger partial charge in [0.2, 0.25) is 0 Å². The summed E-state index contributed by atoms with van der Waals surface area (Å²) < 4.78 is 38.1. The second kappa shape index (κ2) is 5.06. The Morgan fingerprint density at radius 2 is 1.71 bits per heavy atom. The number of aryl methyl sites for hydroxylation is 1. The van der Waals surface area contributed by atoms with E-state index >= 15 is 0 Å². The van der Waals surface area contributed by atoms with E-state index in [4.69, 9.17) is 5.73 Å². The predicted octanol–water partition coefficient (Wildman–Crippen LogP) is 2.35. The highest BCUT2D eigenvalue weighted by molar-refractivity contribution is 5.29. The van der Waals surface area contributed by atoms with E-state index in [1.807, 2.05) is 6.92 Å². The molecule has 0 aliphatic heterocycles. The molecule has 1 aromatic rings. The minimum atomic E-state index is -4.77. The van der Waals surface area contributed by atoms with Crippen LogP contribution in [0.2, 0.25) is 0 Å². The fourth-order valence-electron chi connectivity index (χ4n) is 1.63. The van der Waals surface area contributed by atoms with Crippen molar-refractivity contribution in [2.75, 3.05) is 6.54 Å². The van der Waals surface area contributed by atoms with Gasteiger partial charge in [-0.05, 0) is 17.5 Å². The highest BCUT2D eigenvalue weighted by atomic mass is 19.4. The molecule has 0 amide bonds. The molecule has 1 rings (SSSR count). The standard InChI is InChI=1S/C12H16F3NO/c1-2-3-9-4-6-10(7-5-9)11(17,8-16)12(13,14)15/h4-7,17H,2-3,8,16H2,1H3. The van der Waals surface area contributed by atoms with Gasteiger partial charge in [0.05, 0.1) is 0 Å². The largest absolute Gasteiger partial charge is 0.422 e. The summed E-state index contributed by atoms with van der Waals surface area (Å²) in [5.41, 5.74) is 2.82. The Hall–Kier alpha value is -1.07. The first-order chi connectivity index (χ1) is 7.85. The Morgan fingerprint density at radius 3 is 2.06 bits per heavy atom. The van der Waals surface area contributed by atoms with Crippen LogP contribution in [0, 0.1) is 0 Å². The molecule has 1 aromatic carbocycles. The molecule has 2 nitrogen and oxygen atoms in total. The number of hydrogen-bond acceptors (Lipinski definition) is 2. The van der Waals surface area contributed by atoms with Gasteiger partial charge in [0.15, 0.2) is 5.60 Å². The number of nitrogens with two attached hydrogens (primary N) is 1. The van der Waals surface area contributed by atoms with Crippen molar-refractivity contribution in [1.82, 2.24) is 0 Å². The van der Waals surface area contributed by atoms with Gasteiger partial charge in [0, 0.05) is 6.54 Å². The van der Waals surface area contributed by atoms with Gasteiger partial charge in [-0.25, -0.2) is 0 Å². The van der Waals surface area contributed by atoms with E-state index in [0.29, 0.717) is 0 Å². The fraction of sp³-hybridized carbons (Fsp3) is 0.500. The number of hydrogen-bond donors (Lipinski definition) is 2. The normalized spacial score (nSPS) is 15.6. The summed E-state index contributed by atoms with van der Waals surface area (Å²) in [4.78, 5) is 0. The molecular weight excluding hydrogens is 231 g/mol. The van der Waals surface area contributed by atoms with Crippen molar-refractivity contribution in [2.45, 2.75) is 31.5 Å². The van der Waals surface area contributed by atoms with Crippen molar-refractivity contribution in [3.8, 4) is 0 Å². The lowest BCUT2D eigenvalue weighted by Crippen LogP contribution is -2.48. The minimum absolute atomic E-state index is 0.215. The van der Waals surface area contributed by atoms with Crippen molar-refractivity contribution in [3.05, 3.63) is 35.4 Å². The molecule has 0 aliphatic rings. The van der Waals surface area contributed by atoms with Crippen molar-refractivity contribution in [1.29, 1.82) is 0 Å². The van der Waals surface area contributed by atoms with Gasteiger partial charge in [0.25, 0.3) is 0 Å². The molecule has 0 spiro atoms. The van der Waals surface area contributed by atoms with Gasteiger partial charge < -0.3 is 10.8 Å². The maximum atomic E-state index is 12.7. The zero-order chi connectivity index (χ0) is 13.1. The molecule has 0 aromatic heterocycles. The molecule has 1 unspecified atom stereocenters. The fourth-order valence-corrected chi connectivity index (χ4v) is 1.63. The summed E-state index contributed by atoms with van der Waals surface area (Å²) in [5.74, 6) is 0. The van der Waals surface area contributed by atoms with Crippen LogP contribution in [0.5, 0.6) is 0 Å².